The first kappa shape index (κ1) is 13.1. The number of hydrogen-bond donors (Lipinski definition) is 0. The number of rotatable bonds is 3. The monoisotopic (exact) mass is 266 g/mol. The maximum atomic E-state index is 12.3. The minimum atomic E-state index is -0.244. The van der Waals surface area contributed by atoms with Crippen molar-refractivity contribution in [2.75, 3.05) is 6.61 Å². The zero-order valence-corrected chi connectivity index (χ0v) is 11.4. The first-order chi connectivity index (χ1) is 9.84. The molecule has 0 aliphatic carbocycles. The van der Waals surface area contributed by atoms with E-state index in [9.17, 15) is 4.79 Å². The van der Waals surface area contributed by atoms with Crippen molar-refractivity contribution in [3.05, 3.63) is 60.2 Å². The van der Waals surface area contributed by atoms with Crippen molar-refractivity contribution in [2.24, 2.45) is 0 Å². The van der Waals surface area contributed by atoms with Gasteiger partial charge in [-0.05, 0) is 30.4 Å². The maximum Gasteiger partial charge on any atom is 0.191 e. The fourth-order valence-electron chi connectivity index (χ4n) is 2.59. The molecular formula is C18H18O2. The van der Waals surface area contributed by atoms with E-state index in [2.05, 4.69) is 12.1 Å². The summed E-state index contributed by atoms with van der Waals surface area (Å²) < 4.78 is 5.56. The van der Waals surface area contributed by atoms with Gasteiger partial charge in [0.15, 0.2) is 5.78 Å². The Kier molecular flexibility index (Phi) is 3.93. The molecule has 1 aliphatic heterocycles. The van der Waals surface area contributed by atoms with Crippen molar-refractivity contribution >= 4 is 5.78 Å². The molecule has 0 bridgehead atoms. The molecule has 102 valence electrons. The Balaban J connectivity index is 1.77. The van der Waals surface area contributed by atoms with Crippen LogP contribution in [0.15, 0.2) is 54.6 Å². The summed E-state index contributed by atoms with van der Waals surface area (Å²) in [6.07, 6.45) is 2.75. The molecule has 2 nitrogen and oxygen atoms in total. The van der Waals surface area contributed by atoms with Gasteiger partial charge >= 0.3 is 0 Å². The van der Waals surface area contributed by atoms with Gasteiger partial charge in [-0.2, -0.15) is 0 Å². The molecule has 1 fully saturated rings. The summed E-state index contributed by atoms with van der Waals surface area (Å²) in [5.74, 6) is 0.115. The standard InChI is InChI=1S/C18H18O2/c19-18(17-8-4-5-13-20-17)16-11-9-15(10-12-16)14-6-2-1-3-7-14/h1-3,6-7,9-12,17H,4-5,8,13H2. The van der Waals surface area contributed by atoms with Gasteiger partial charge in [0.1, 0.15) is 6.10 Å². The molecule has 1 atom stereocenters. The molecule has 2 aromatic carbocycles. The predicted octanol–water partition coefficient (Wildman–Crippen LogP) is 4.11. The lowest BCUT2D eigenvalue weighted by atomic mass is 9.97. The van der Waals surface area contributed by atoms with Crippen molar-refractivity contribution in [1.29, 1.82) is 0 Å². The van der Waals surface area contributed by atoms with Crippen LogP contribution < -0.4 is 0 Å². The summed E-state index contributed by atoms with van der Waals surface area (Å²) in [6.45, 7) is 0.707. The highest BCUT2D eigenvalue weighted by Crippen LogP contribution is 2.22. The highest BCUT2D eigenvalue weighted by atomic mass is 16.5. The van der Waals surface area contributed by atoms with E-state index in [4.69, 9.17) is 4.74 Å². The smallest absolute Gasteiger partial charge is 0.191 e. The number of ketones is 1. The molecule has 2 aromatic rings. The third-order valence-electron chi connectivity index (χ3n) is 3.75. The molecule has 1 saturated heterocycles. The van der Waals surface area contributed by atoms with Gasteiger partial charge in [0.05, 0.1) is 0 Å². The molecule has 1 unspecified atom stereocenters. The molecule has 1 heterocycles. The van der Waals surface area contributed by atoms with E-state index < -0.39 is 0 Å². The van der Waals surface area contributed by atoms with Crippen LogP contribution in [0.1, 0.15) is 29.6 Å². The quantitative estimate of drug-likeness (QED) is 0.782. The number of benzene rings is 2. The van der Waals surface area contributed by atoms with Crippen LogP contribution in [0.25, 0.3) is 11.1 Å². The zero-order valence-electron chi connectivity index (χ0n) is 11.4. The Hall–Kier alpha value is -1.93. The highest BCUT2D eigenvalue weighted by Gasteiger charge is 2.22. The van der Waals surface area contributed by atoms with E-state index in [0.29, 0.717) is 6.61 Å². The van der Waals surface area contributed by atoms with E-state index >= 15 is 0 Å². The maximum absolute atomic E-state index is 12.3. The molecule has 1 aliphatic rings. The zero-order chi connectivity index (χ0) is 13.8. The second kappa shape index (κ2) is 6.02. The van der Waals surface area contributed by atoms with Gasteiger partial charge in [-0.15, -0.1) is 0 Å². The lowest BCUT2D eigenvalue weighted by Crippen LogP contribution is -2.28. The van der Waals surface area contributed by atoms with Crippen LogP contribution >= 0.6 is 0 Å². The number of hydrogen-bond acceptors (Lipinski definition) is 2. The second-order valence-electron chi connectivity index (χ2n) is 5.16. The van der Waals surface area contributed by atoms with Gasteiger partial charge in [-0.25, -0.2) is 0 Å². The molecule has 2 heteroatoms. The summed E-state index contributed by atoms with van der Waals surface area (Å²) in [7, 11) is 0. The third kappa shape index (κ3) is 2.81. The predicted molar refractivity (Wildman–Crippen MR) is 79.8 cm³/mol. The van der Waals surface area contributed by atoms with Crippen LogP contribution in [0, 0.1) is 0 Å². The van der Waals surface area contributed by atoms with Crippen LogP contribution in [0.2, 0.25) is 0 Å². The molecule has 0 N–H and O–H groups in total. The Bertz CT molecular complexity index is 566. The summed E-state index contributed by atoms with van der Waals surface area (Å²) in [5.41, 5.74) is 3.05. The average Bonchev–Trinajstić information content (AvgIpc) is 2.56. The second-order valence-corrected chi connectivity index (χ2v) is 5.16. The fourth-order valence-corrected chi connectivity index (χ4v) is 2.59. The number of ether oxygens (including phenoxy) is 1. The first-order valence-electron chi connectivity index (χ1n) is 7.16. The summed E-state index contributed by atoms with van der Waals surface area (Å²) >= 11 is 0. The average molecular weight is 266 g/mol. The van der Waals surface area contributed by atoms with Gasteiger partial charge in [0.2, 0.25) is 0 Å². The van der Waals surface area contributed by atoms with E-state index in [1.165, 1.54) is 5.56 Å². The van der Waals surface area contributed by atoms with Crippen LogP contribution in [-0.4, -0.2) is 18.5 Å². The minimum Gasteiger partial charge on any atom is -0.370 e. The van der Waals surface area contributed by atoms with E-state index in [0.717, 1.165) is 30.4 Å². The summed E-state index contributed by atoms with van der Waals surface area (Å²) in [6, 6.07) is 18.0. The highest BCUT2D eigenvalue weighted by molar-refractivity contribution is 5.99. The summed E-state index contributed by atoms with van der Waals surface area (Å²) in [4.78, 5) is 12.3. The third-order valence-corrected chi connectivity index (χ3v) is 3.75. The Morgan fingerprint density at radius 1 is 0.900 bits per heavy atom. The van der Waals surface area contributed by atoms with Crippen molar-refractivity contribution in [3.8, 4) is 11.1 Å². The fraction of sp³-hybridized carbons (Fsp3) is 0.278. The Labute approximate surface area is 119 Å². The number of Topliss-reactive ketones (excluding diaryl/α,β-unsaturated/α-hetero) is 1. The van der Waals surface area contributed by atoms with Gasteiger partial charge in [-0.1, -0.05) is 54.6 Å². The number of carbonyl (C=O) groups excluding carboxylic acids is 1. The van der Waals surface area contributed by atoms with Crippen LogP contribution in [0.5, 0.6) is 0 Å². The summed E-state index contributed by atoms with van der Waals surface area (Å²) in [5, 5.41) is 0. The lowest BCUT2D eigenvalue weighted by Gasteiger charge is -2.21. The molecule has 0 amide bonds. The first-order valence-corrected chi connectivity index (χ1v) is 7.16. The van der Waals surface area contributed by atoms with Crippen molar-refractivity contribution < 1.29 is 9.53 Å². The topological polar surface area (TPSA) is 26.3 Å². The molecule has 0 radical (unpaired) electrons. The van der Waals surface area contributed by atoms with Crippen molar-refractivity contribution in [3.63, 3.8) is 0 Å². The minimum absolute atomic E-state index is 0.115. The SMILES string of the molecule is O=C(c1ccc(-c2ccccc2)cc1)C1CCCCO1. The number of carbonyl (C=O) groups is 1. The van der Waals surface area contributed by atoms with Crippen molar-refractivity contribution in [1.82, 2.24) is 0 Å². The lowest BCUT2D eigenvalue weighted by molar-refractivity contribution is 0.0186. The molecule has 0 spiro atoms. The van der Waals surface area contributed by atoms with E-state index in [1.54, 1.807) is 0 Å². The van der Waals surface area contributed by atoms with Gasteiger partial charge < -0.3 is 4.74 Å². The molecular weight excluding hydrogens is 248 g/mol. The normalized spacial score (nSPS) is 18.7. The van der Waals surface area contributed by atoms with Gasteiger partial charge in [0.25, 0.3) is 0 Å². The molecule has 20 heavy (non-hydrogen) atoms. The van der Waals surface area contributed by atoms with E-state index in [-0.39, 0.29) is 11.9 Å². The van der Waals surface area contributed by atoms with Crippen LogP contribution in [-0.2, 0) is 4.74 Å². The van der Waals surface area contributed by atoms with Crippen molar-refractivity contribution in [2.45, 2.75) is 25.4 Å². The Morgan fingerprint density at radius 2 is 1.60 bits per heavy atom. The van der Waals surface area contributed by atoms with Crippen LogP contribution in [0.4, 0.5) is 0 Å². The van der Waals surface area contributed by atoms with Crippen LogP contribution in [0.3, 0.4) is 0 Å². The molecule has 3 rings (SSSR count). The molecule has 0 aromatic heterocycles. The van der Waals surface area contributed by atoms with Gasteiger partial charge in [0, 0.05) is 12.2 Å². The largest absolute Gasteiger partial charge is 0.370 e. The van der Waals surface area contributed by atoms with E-state index in [1.807, 2.05) is 42.5 Å². The Morgan fingerprint density at radius 3 is 2.25 bits per heavy atom. The van der Waals surface area contributed by atoms with Gasteiger partial charge in [-0.3, -0.25) is 4.79 Å². The molecule has 0 saturated carbocycles.